The monoisotopic (exact) mass is 679 g/mol. The fraction of sp³-hybridized carbons (Fsp3) is 0.471. The van der Waals surface area contributed by atoms with Gasteiger partial charge in [-0.25, -0.2) is 9.67 Å². The molecular formula is C34H46BrN5O3Si. The van der Waals surface area contributed by atoms with Gasteiger partial charge in [0.1, 0.15) is 22.8 Å². The molecule has 1 saturated heterocycles. The summed E-state index contributed by atoms with van der Waals surface area (Å²) in [5.74, 6) is 0.902. The number of nitrogens with zero attached hydrogens (tertiary/aromatic N) is 5. The lowest BCUT2D eigenvalue weighted by Crippen LogP contribution is -2.44. The number of piperazine rings is 1. The summed E-state index contributed by atoms with van der Waals surface area (Å²) < 4.78 is 21.2. The largest absolute Gasteiger partial charge is 0.491 e. The average Bonchev–Trinajstić information content (AvgIpc) is 3.36. The number of benzene rings is 2. The summed E-state index contributed by atoms with van der Waals surface area (Å²) in [6, 6.07) is 20.0. The molecule has 10 heteroatoms. The number of unbranched alkanes of at least 4 members (excludes halogenated alkanes) is 1. The highest BCUT2D eigenvalue weighted by molar-refractivity contribution is 9.10. The fourth-order valence-electron chi connectivity index (χ4n) is 5.23. The number of fused-ring (bicyclic) bond motifs is 1. The molecule has 44 heavy (non-hydrogen) atoms. The van der Waals surface area contributed by atoms with Gasteiger partial charge in [-0.15, -0.1) is 0 Å². The SMILES string of the molecule is CN1CCN(c2ccc(-c3nn(COCC[Si](C)(C)C)c4cnc(Br)cc34)cc2OCCCCOCc2ccccc2)CC1. The zero-order chi connectivity index (χ0) is 30.9. The summed E-state index contributed by atoms with van der Waals surface area (Å²) in [6.07, 6.45) is 3.74. The van der Waals surface area contributed by atoms with Gasteiger partial charge in [0.15, 0.2) is 0 Å². The van der Waals surface area contributed by atoms with Gasteiger partial charge in [-0.1, -0.05) is 56.0 Å². The molecule has 0 saturated carbocycles. The van der Waals surface area contributed by atoms with Crippen molar-refractivity contribution in [3.63, 3.8) is 0 Å². The Kier molecular flexibility index (Phi) is 11.5. The Bertz CT molecular complexity index is 1490. The van der Waals surface area contributed by atoms with E-state index in [1.807, 2.05) is 35.1 Å². The van der Waals surface area contributed by atoms with Crippen LogP contribution < -0.4 is 9.64 Å². The van der Waals surface area contributed by atoms with Crippen LogP contribution >= 0.6 is 15.9 Å². The van der Waals surface area contributed by atoms with Crippen LogP contribution in [0.2, 0.25) is 25.7 Å². The number of hydrogen-bond donors (Lipinski definition) is 0. The van der Waals surface area contributed by atoms with Crippen LogP contribution in [0.4, 0.5) is 5.69 Å². The molecule has 2 aromatic heterocycles. The predicted octanol–water partition coefficient (Wildman–Crippen LogP) is 7.30. The van der Waals surface area contributed by atoms with Crippen molar-refractivity contribution in [1.82, 2.24) is 19.7 Å². The van der Waals surface area contributed by atoms with Crippen molar-refractivity contribution in [2.24, 2.45) is 0 Å². The first kappa shape index (κ1) is 32.6. The predicted molar refractivity (Wildman–Crippen MR) is 185 cm³/mol. The number of halogens is 1. The van der Waals surface area contributed by atoms with Gasteiger partial charge in [0.25, 0.3) is 0 Å². The Hall–Kier alpha value is -2.76. The van der Waals surface area contributed by atoms with E-state index in [0.717, 1.165) is 96.5 Å². The number of rotatable bonds is 15. The highest BCUT2D eigenvalue weighted by atomic mass is 79.9. The van der Waals surface area contributed by atoms with Crippen molar-refractivity contribution in [2.45, 2.75) is 51.9 Å². The summed E-state index contributed by atoms with van der Waals surface area (Å²) >= 11 is 3.57. The Morgan fingerprint density at radius 1 is 0.886 bits per heavy atom. The standard InChI is InChI=1S/C34H46BrN5O3Si/c1-38-14-16-39(17-15-38)30-13-12-28(22-32(30)43-19-9-8-18-41-25-27-10-6-5-7-11-27)34-29-23-33(35)36-24-31(29)40(37-34)26-42-20-21-44(2,3)4/h5-7,10-13,22-24H,8-9,14-21,25-26H2,1-4H3. The number of hydrogen-bond acceptors (Lipinski definition) is 7. The van der Waals surface area contributed by atoms with E-state index in [1.165, 1.54) is 5.56 Å². The lowest BCUT2D eigenvalue weighted by Gasteiger charge is -2.35. The van der Waals surface area contributed by atoms with Crippen molar-refractivity contribution in [2.75, 3.05) is 57.9 Å². The Morgan fingerprint density at radius 3 is 2.43 bits per heavy atom. The molecule has 1 aliphatic heterocycles. The van der Waals surface area contributed by atoms with Crippen LogP contribution in [0, 0.1) is 0 Å². The highest BCUT2D eigenvalue weighted by Crippen LogP contribution is 2.37. The van der Waals surface area contributed by atoms with Gasteiger partial charge in [0.2, 0.25) is 0 Å². The van der Waals surface area contributed by atoms with Crippen molar-refractivity contribution in [3.8, 4) is 17.0 Å². The summed E-state index contributed by atoms with van der Waals surface area (Å²) in [4.78, 5) is 9.30. The zero-order valence-corrected chi connectivity index (χ0v) is 29.2. The molecule has 4 aromatic rings. The summed E-state index contributed by atoms with van der Waals surface area (Å²) in [5.41, 5.74) is 5.23. The molecule has 0 spiro atoms. The van der Waals surface area contributed by atoms with Crippen LogP contribution in [0.25, 0.3) is 22.2 Å². The van der Waals surface area contributed by atoms with Gasteiger partial charge in [0, 0.05) is 58.4 Å². The maximum absolute atomic E-state index is 6.51. The molecule has 0 amide bonds. The molecule has 5 rings (SSSR count). The second kappa shape index (κ2) is 15.5. The van der Waals surface area contributed by atoms with Crippen LogP contribution in [0.5, 0.6) is 5.75 Å². The Labute approximate surface area is 271 Å². The molecule has 2 aromatic carbocycles. The Morgan fingerprint density at radius 2 is 1.66 bits per heavy atom. The maximum Gasteiger partial charge on any atom is 0.143 e. The van der Waals surface area contributed by atoms with E-state index in [9.17, 15) is 0 Å². The first-order chi connectivity index (χ1) is 21.3. The summed E-state index contributed by atoms with van der Waals surface area (Å²) in [6.45, 7) is 14.3. The summed E-state index contributed by atoms with van der Waals surface area (Å²) in [7, 11) is 1.01. The molecule has 0 atom stereocenters. The van der Waals surface area contributed by atoms with Crippen molar-refractivity contribution in [3.05, 3.63) is 71.0 Å². The van der Waals surface area contributed by atoms with E-state index in [0.29, 0.717) is 19.9 Å². The maximum atomic E-state index is 6.51. The highest BCUT2D eigenvalue weighted by Gasteiger charge is 2.21. The van der Waals surface area contributed by atoms with E-state index >= 15 is 0 Å². The quantitative estimate of drug-likeness (QED) is 0.0742. The minimum absolute atomic E-state index is 0.402. The number of likely N-dealkylation sites (N-methyl/N-ethyl adjacent to an activating group) is 1. The van der Waals surface area contributed by atoms with Crippen LogP contribution in [0.1, 0.15) is 18.4 Å². The summed E-state index contributed by atoms with van der Waals surface area (Å²) in [5, 5.41) is 6.07. The van der Waals surface area contributed by atoms with E-state index in [4.69, 9.17) is 19.3 Å². The topological polar surface area (TPSA) is 64.9 Å². The van der Waals surface area contributed by atoms with Crippen LogP contribution in [0.15, 0.2) is 65.4 Å². The second-order valence-corrected chi connectivity index (χ2v) is 19.2. The van der Waals surface area contributed by atoms with Gasteiger partial charge < -0.3 is 24.0 Å². The molecule has 8 nitrogen and oxygen atoms in total. The van der Waals surface area contributed by atoms with Crippen molar-refractivity contribution >= 4 is 40.6 Å². The third-order valence-electron chi connectivity index (χ3n) is 7.94. The molecule has 1 fully saturated rings. The molecule has 0 aliphatic carbocycles. The van der Waals surface area contributed by atoms with Gasteiger partial charge in [-0.3, -0.25) is 0 Å². The first-order valence-corrected chi connectivity index (χ1v) is 20.2. The Balaban J connectivity index is 1.31. The van der Waals surface area contributed by atoms with Crippen LogP contribution in [-0.4, -0.2) is 80.8 Å². The number of anilines is 1. The van der Waals surface area contributed by atoms with Gasteiger partial charge in [0.05, 0.1) is 30.6 Å². The fourth-order valence-corrected chi connectivity index (χ4v) is 6.31. The third kappa shape index (κ3) is 9.14. The third-order valence-corrected chi connectivity index (χ3v) is 10.1. The minimum atomic E-state index is -1.17. The van der Waals surface area contributed by atoms with Crippen molar-refractivity contribution in [1.29, 1.82) is 0 Å². The van der Waals surface area contributed by atoms with Crippen LogP contribution in [0.3, 0.4) is 0 Å². The molecule has 0 bridgehead atoms. The lowest BCUT2D eigenvalue weighted by atomic mass is 10.1. The molecule has 1 aliphatic rings. The average molecular weight is 681 g/mol. The zero-order valence-electron chi connectivity index (χ0n) is 26.6. The second-order valence-electron chi connectivity index (χ2n) is 12.8. The number of ether oxygens (including phenoxy) is 3. The smallest absolute Gasteiger partial charge is 0.143 e. The molecule has 236 valence electrons. The first-order valence-electron chi connectivity index (χ1n) is 15.7. The van der Waals surface area contributed by atoms with Gasteiger partial charge in [-0.05, 0) is 65.6 Å². The van der Waals surface area contributed by atoms with Crippen LogP contribution in [-0.2, 0) is 22.8 Å². The van der Waals surface area contributed by atoms with E-state index in [1.54, 1.807) is 0 Å². The molecule has 0 unspecified atom stereocenters. The molecular weight excluding hydrogens is 634 g/mol. The minimum Gasteiger partial charge on any atom is -0.491 e. The number of pyridine rings is 1. The number of aromatic nitrogens is 3. The molecule has 0 radical (unpaired) electrons. The van der Waals surface area contributed by atoms with E-state index < -0.39 is 8.07 Å². The van der Waals surface area contributed by atoms with E-state index in [-0.39, 0.29) is 0 Å². The lowest BCUT2D eigenvalue weighted by molar-refractivity contribution is 0.0818. The van der Waals surface area contributed by atoms with Crippen molar-refractivity contribution < 1.29 is 14.2 Å². The van der Waals surface area contributed by atoms with Gasteiger partial charge >= 0.3 is 0 Å². The van der Waals surface area contributed by atoms with Gasteiger partial charge in [-0.2, -0.15) is 5.10 Å². The van der Waals surface area contributed by atoms with E-state index in [2.05, 4.69) is 87.7 Å². The normalized spacial score (nSPS) is 14.4. The molecule has 3 heterocycles. The molecule has 0 N–H and O–H groups in total.